The maximum absolute atomic E-state index is 5.82. The first-order chi connectivity index (χ1) is 8.75. The smallest absolute Gasteiger partial charge is 0.126 e. The number of pyridine rings is 1. The number of hydrogen-bond donors (Lipinski definition) is 2. The fourth-order valence-corrected chi connectivity index (χ4v) is 2.22. The topological polar surface area (TPSA) is 46.2 Å². The molecule has 2 heterocycles. The van der Waals surface area contributed by atoms with Crippen molar-refractivity contribution >= 4 is 21.7 Å². The lowest BCUT2D eigenvalue weighted by Crippen LogP contribution is -2.33. The minimum absolute atomic E-state index is 0.424. The summed E-state index contributed by atoms with van der Waals surface area (Å²) >= 11 is 3.44. The number of aryl methyl sites for hydroxylation is 1. The van der Waals surface area contributed by atoms with Gasteiger partial charge in [0.15, 0.2) is 0 Å². The Balaban J connectivity index is 1.66. The van der Waals surface area contributed by atoms with Crippen molar-refractivity contribution in [2.75, 3.05) is 31.6 Å². The highest BCUT2D eigenvalue weighted by molar-refractivity contribution is 9.10. The Hall–Kier alpha value is -0.650. The van der Waals surface area contributed by atoms with Crippen LogP contribution in [0.15, 0.2) is 16.7 Å². The van der Waals surface area contributed by atoms with E-state index in [-0.39, 0.29) is 0 Å². The van der Waals surface area contributed by atoms with Crippen molar-refractivity contribution in [2.45, 2.75) is 25.9 Å². The van der Waals surface area contributed by atoms with E-state index in [4.69, 9.17) is 4.74 Å². The van der Waals surface area contributed by atoms with E-state index in [1.54, 1.807) is 0 Å². The van der Waals surface area contributed by atoms with E-state index < -0.39 is 0 Å². The molecule has 1 fully saturated rings. The van der Waals surface area contributed by atoms with Gasteiger partial charge in [-0.15, -0.1) is 0 Å². The van der Waals surface area contributed by atoms with Gasteiger partial charge in [-0.3, -0.25) is 0 Å². The van der Waals surface area contributed by atoms with E-state index in [1.807, 2.05) is 12.3 Å². The van der Waals surface area contributed by atoms with Crippen molar-refractivity contribution in [3.05, 3.63) is 22.3 Å². The lowest BCUT2D eigenvalue weighted by Gasteiger charge is -2.23. The Labute approximate surface area is 117 Å². The van der Waals surface area contributed by atoms with Gasteiger partial charge in [0.1, 0.15) is 5.82 Å². The maximum atomic E-state index is 5.82. The molecular formula is C13H20BrN3O. The monoisotopic (exact) mass is 313 g/mol. The number of hydrogen-bond acceptors (Lipinski definition) is 4. The Morgan fingerprint density at radius 1 is 1.50 bits per heavy atom. The summed E-state index contributed by atoms with van der Waals surface area (Å²) in [6, 6.07) is 2.04. The van der Waals surface area contributed by atoms with Gasteiger partial charge in [0.05, 0.1) is 12.7 Å². The molecular weight excluding hydrogens is 294 g/mol. The van der Waals surface area contributed by atoms with E-state index >= 15 is 0 Å². The zero-order valence-electron chi connectivity index (χ0n) is 10.7. The zero-order valence-corrected chi connectivity index (χ0v) is 12.3. The van der Waals surface area contributed by atoms with E-state index in [0.717, 1.165) is 49.4 Å². The molecule has 1 aromatic rings. The number of nitrogens with zero attached hydrogens (tertiary/aromatic N) is 1. The summed E-state index contributed by atoms with van der Waals surface area (Å²) in [6.07, 6.45) is 4.49. The minimum atomic E-state index is 0.424. The van der Waals surface area contributed by atoms with Gasteiger partial charge in [-0.2, -0.15) is 0 Å². The number of ether oxygens (including phenoxy) is 1. The molecule has 5 heteroatoms. The largest absolute Gasteiger partial charge is 0.376 e. The lowest BCUT2D eigenvalue weighted by atomic mass is 10.1. The van der Waals surface area contributed by atoms with Crippen LogP contribution in [0.2, 0.25) is 0 Å². The first kappa shape index (κ1) is 13.8. The molecule has 1 aliphatic heterocycles. The first-order valence-electron chi connectivity index (χ1n) is 6.44. The third-order valence-electron chi connectivity index (χ3n) is 3.09. The average Bonchev–Trinajstić information content (AvgIpc) is 2.40. The quantitative estimate of drug-likeness (QED) is 0.819. The average molecular weight is 314 g/mol. The molecule has 0 atom stereocenters. The maximum Gasteiger partial charge on any atom is 0.126 e. The molecule has 100 valence electrons. The molecule has 0 aliphatic carbocycles. The Kier molecular flexibility index (Phi) is 5.41. The van der Waals surface area contributed by atoms with Crippen molar-refractivity contribution in [3.8, 4) is 0 Å². The normalized spacial score (nSPS) is 16.8. The van der Waals surface area contributed by atoms with Gasteiger partial charge in [-0.05, 0) is 60.4 Å². The molecule has 0 saturated carbocycles. The zero-order chi connectivity index (χ0) is 12.8. The standard InChI is InChI=1S/C13H20BrN3O/c1-10-8-13(17-9-12(10)14)16-6-7-18-11-2-4-15-5-3-11/h8-9,11,15H,2-7H2,1H3,(H,16,17). The highest BCUT2D eigenvalue weighted by atomic mass is 79.9. The van der Waals surface area contributed by atoms with Crippen LogP contribution in [-0.2, 0) is 4.74 Å². The van der Waals surface area contributed by atoms with Crippen LogP contribution < -0.4 is 10.6 Å². The summed E-state index contributed by atoms with van der Waals surface area (Å²) in [4.78, 5) is 4.30. The van der Waals surface area contributed by atoms with Crippen LogP contribution in [0.1, 0.15) is 18.4 Å². The van der Waals surface area contributed by atoms with Crippen molar-refractivity contribution < 1.29 is 4.74 Å². The van der Waals surface area contributed by atoms with Gasteiger partial charge in [0.25, 0.3) is 0 Å². The van der Waals surface area contributed by atoms with Gasteiger partial charge >= 0.3 is 0 Å². The number of halogens is 1. The SMILES string of the molecule is Cc1cc(NCCOC2CCNCC2)ncc1Br. The van der Waals surface area contributed by atoms with E-state index in [2.05, 4.69) is 38.5 Å². The molecule has 1 aromatic heterocycles. The highest BCUT2D eigenvalue weighted by Crippen LogP contribution is 2.17. The molecule has 18 heavy (non-hydrogen) atoms. The predicted octanol–water partition coefficient (Wildman–Crippen LogP) is 2.33. The molecule has 0 unspecified atom stereocenters. The molecule has 1 aliphatic rings. The molecule has 0 bridgehead atoms. The fraction of sp³-hybridized carbons (Fsp3) is 0.615. The molecule has 4 nitrogen and oxygen atoms in total. The van der Waals surface area contributed by atoms with Crippen molar-refractivity contribution in [1.29, 1.82) is 0 Å². The molecule has 0 radical (unpaired) electrons. The molecule has 2 N–H and O–H groups in total. The van der Waals surface area contributed by atoms with Gasteiger partial charge in [0.2, 0.25) is 0 Å². The summed E-state index contributed by atoms with van der Waals surface area (Å²) < 4.78 is 6.86. The van der Waals surface area contributed by atoms with Gasteiger partial charge in [0, 0.05) is 17.2 Å². The minimum Gasteiger partial charge on any atom is -0.376 e. The summed E-state index contributed by atoms with van der Waals surface area (Å²) in [5.41, 5.74) is 1.19. The van der Waals surface area contributed by atoms with Crippen LogP contribution in [0.4, 0.5) is 5.82 Å². The van der Waals surface area contributed by atoms with Crippen LogP contribution >= 0.6 is 15.9 Å². The van der Waals surface area contributed by atoms with E-state index in [1.165, 1.54) is 5.56 Å². The molecule has 1 saturated heterocycles. The van der Waals surface area contributed by atoms with Crippen LogP contribution in [0.25, 0.3) is 0 Å². The van der Waals surface area contributed by atoms with E-state index in [9.17, 15) is 0 Å². The molecule has 0 amide bonds. The third kappa shape index (κ3) is 4.23. The fourth-order valence-electron chi connectivity index (χ4n) is 2.00. The summed E-state index contributed by atoms with van der Waals surface area (Å²) in [7, 11) is 0. The second kappa shape index (κ2) is 7.07. The lowest BCUT2D eigenvalue weighted by molar-refractivity contribution is 0.0394. The van der Waals surface area contributed by atoms with Crippen LogP contribution in [0, 0.1) is 6.92 Å². The number of nitrogens with one attached hydrogen (secondary N) is 2. The second-order valence-corrected chi connectivity index (χ2v) is 5.42. The molecule has 2 rings (SSSR count). The third-order valence-corrected chi connectivity index (χ3v) is 3.93. The highest BCUT2D eigenvalue weighted by Gasteiger charge is 2.12. The van der Waals surface area contributed by atoms with Gasteiger partial charge in [-0.25, -0.2) is 4.98 Å². The van der Waals surface area contributed by atoms with E-state index in [0.29, 0.717) is 6.10 Å². The second-order valence-electron chi connectivity index (χ2n) is 4.57. The van der Waals surface area contributed by atoms with Crippen LogP contribution in [0.5, 0.6) is 0 Å². The van der Waals surface area contributed by atoms with Crippen molar-refractivity contribution in [1.82, 2.24) is 10.3 Å². The number of aromatic nitrogens is 1. The van der Waals surface area contributed by atoms with Gasteiger partial charge < -0.3 is 15.4 Å². The van der Waals surface area contributed by atoms with Gasteiger partial charge in [-0.1, -0.05) is 0 Å². The number of rotatable bonds is 5. The summed E-state index contributed by atoms with van der Waals surface area (Å²) in [6.45, 7) is 5.75. The summed E-state index contributed by atoms with van der Waals surface area (Å²) in [5.74, 6) is 0.907. The predicted molar refractivity (Wildman–Crippen MR) is 77.0 cm³/mol. The van der Waals surface area contributed by atoms with Crippen molar-refractivity contribution in [3.63, 3.8) is 0 Å². The Morgan fingerprint density at radius 3 is 3.00 bits per heavy atom. The van der Waals surface area contributed by atoms with Crippen molar-refractivity contribution in [2.24, 2.45) is 0 Å². The summed E-state index contributed by atoms with van der Waals surface area (Å²) in [5, 5.41) is 6.61. The number of piperidine rings is 1. The van der Waals surface area contributed by atoms with Crippen LogP contribution in [-0.4, -0.2) is 37.3 Å². The number of anilines is 1. The Morgan fingerprint density at radius 2 is 2.28 bits per heavy atom. The first-order valence-corrected chi connectivity index (χ1v) is 7.23. The molecule has 0 spiro atoms. The Bertz CT molecular complexity index is 380. The molecule has 0 aromatic carbocycles. The van der Waals surface area contributed by atoms with Crippen LogP contribution in [0.3, 0.4) is 0 Å².